The fraction of sp³-hybridized carbons (Fsp3) is 0.667. The van der Waals surface area contributed by atoms with Gasteiger partial charge in [0.1, 0.15) is 4.21 Å². The summed E-state index contributed by atoms with van der Waals surface area (Å²) in [5.41, 5.74) is 0.714. The molecule has 0 saturated heterocycles. The molecule has 0 radical (unpaired) electrons. The minimum atomic E-state index is -3.45. The Morgan fingerprint density at radius 3 is 2.79 bits per heavy atom. The number of hydrogen-bond donors (Lipinski definition) is 2. The number of aliphatic hydroxyl groups excluding tert-OH is 1. The van der Waals surface area contributed by atoms with Gasteiger partial charge in [0.2, 0.25) is 10.0 Å². The van der Waals surface area contributed by atoms with Gasteiger partial charge in [0, 0.05) is 20.3 Å². The number of rotatable bonds is 8. The first-order chi connectivity index (χ1) is 9.01. The summed E-state index contributed by atoms with van der Waals surface area (Å²) in [6, 6.07) is 1.52. The van der Waals surface area contributed by atoms with Gasteiger partial charge in [-0.3, -0.25) is 0 Å². The lowest BCUT2D eigenvalue weighted by Crippen LogP contribution is -2.30. The second-order valence-electron chi connectivity index (χ2n) is 5.00. The lowest BCUT2D eigenvalue weighted by molar-refractivity contribution is 0.173. The molecule has 1 saturated carbocycles. The van der Waals surface area contributed by atoms with E-state index in [1.54, 1.807) is 12.5 Å². The Morgan fingerprint density at radius 1 is 1.53 bits per heavy atom. The molecule has 1 aliphatic carbocycles. The van der Waals surface area contributed by atoms with E-state index in [1.807, 2.05) is 0 Å². The summed E-state index contributed by atoms with van der Waals surface area (Å²) >= 11 is 1.13. The molecule has 0 unspecified atom stereocenters. The summed E-state index contributed by atoms with van der Waals surface area (Å²) in [5, 5.41) is 10.6. The van der Waals surface area contributed by atoms with Gasteiger partial charge >= 0.3 is 0 Å². The Labute approximate surface area is 117 Å². The molecule has 0 atom stereocenters. The molecular formula is C12H19NO4S2. The maximum atomic E-state index is 12.1. The maximum Gasteiger partial charge on any atom is 0.250 e. The van der Waals surface area contributed by atoms with Gasteiger partial charge < -0.3 is 9.84 Å². The van der Waals surface area contributed by atoms with Crippen LogP contribution in [-0.2, 0) is 21.4 Å². The predicted molar refractivity (Wildman–Crippen MR) is 73.6 cm³/mol. The minimum absolute atomic E-state index is 0.0835. The molecule has 7 heteroatoms. The quantitative estimate of drug-likeness (QED) is 0.760. The van der Waals surface area contributed by atoms with Gasteiger partial charge in [0.05, 0.1) is 6.61 Å². The van der Waals surface area contributed by atoms with Gasteiger partial charge in [-0.05, 0) is 41.7 Å². The SMILES string of the molecule is COCCC1(CNS(=O)(=O)c2cc(CO)cs2)CC1. The third-order valence-electron chi connectivity index (χ3n) is 3.51. The number of thiophene rings is 1. The van der Waals surface area contributed by atoms with Gasteiger partial charge in [-0.2, -0.15) is 0 Å². The van der Waals surface area contributed by atoms with E-state index >= 15 is 0 Å². The lowest BCUT2D eigenvalue weighted by Gasteiger charge is -2.15. The number of nitrogens with one attached hydrogen (secondary N) is 1. The van der Waals surface area contributed by atoms with E-state index in [0.717, 1.165) is 30.6 Å². The first kappa shape index (κ1) is 14.9. The van der Waals surface area contributed by atoms with Crippen LogP contribution >= 0.6 is 11.3 Å². The molecule has 1 aromatic heterocycles. The second-order valence-corrected chi connectivity index (χ2v) is 7.90. The molecule has 2 N–H and O–H groups in total. The first-order valence-electron chi connectivity index (χ1n) is 6.18. The van der Waals surface area contributed by atoms with Crippen LogP contribution in [0.4, 0.5) is 0 Å². The summed E-state index contributed by atoms with van der Waals surface area (Å²) < 4.78 is 32.2. The molecule has 0 spiro atoms. The van der Waals surface area contributed by atoms with Crippen LogP contribution in [0.1, 0.15) is 24.8 Å². The number of hydrogen-bond acceptors (Lipinski definition) is 5. The highest BCUT2D eigenvalue weighted by atomic mass is 32.2. The summed E-state index contributed by atoms with van der Waals surface area (Å²) in [7, 11) is -1.80. The molecule has 108 valence electrons. The largest absolute Gasteiger partial charge is 0.392 e. The van der Waals surface area contributed by atoms with Crippen LogP contribution in [0.25, 0.3) is 0 Å². The van der Waals surface area contributed by atoms with Crippen LogP contribution in [0.2, 0.25) is 0 Å². The Balaban J connectivity index is 1.94. The fourth-order valence-electron chi connectivity index (χ4n) is 1.91. The lowest BCUT2D eigenvalue weighted by atomic mass is 10.0. The molecule has 0 amide bonds. The molecule has 19 heavy (non-hydrogen) atoms. The molecule has 1 fully saturated rings. The second kappa shape index (κ2) is 5.88. The molecule has 0 aromatic carbocycles. The molecule has 1 heterocycles. The van der Waals surface area contributed by atoms with Gasteiger partial charge in [-0.1, -0.05) is 0 Å². The van der Waals surface area contributed by atoms with Crippen molar-refractivity contribution in [2.45, 2.75) is 30.1 Å². The van der Waals surface area contributed by atoms with Crippen molar-refractivity contribution in [2.24, 2.45) is 5.41 Å². The molecular weight excluding hydrogens is 286 g/mol. The number of aliphatic hydroxyl groups is 1. The highest BCUT2D eigenvalue weighted by Gasteiger charge is 2.42. The fourth-order valence-corrected chi connectivity index (χ4v) is 4.31. The van der Waals surface area contributed by atoms with E-state index in [4.69, 9.17) is 9.84 Å². The minimum Gasteiger partial charge on any atom is -0.392 e. The van der Waals surface area contributed by atoms with E-state index in [2.05, 4.69) is 4.72 Å². The topological polar surface area (TPSA) is 75.6 Å². The monoisotopic (exact) mass is 305 g/mol. The molecule has 1 aromatic rings. The zero-order valence-corrected chi connectivity index (χ0v) is 12.5. The van der Waals surface area contributed by atoms with E-state index in [0.29, 0.717) is 18.7 Å². The maximum absolute atomic E-state index is 12.1. The van der Waals surface area contributed by atoms with Crippen molar-refractivity contribution in [1.29, 1.82) is 0 Å². The van der Waals surface area contributed by atoms with Crippen LogP contribution < -0.4 is 4.72 Å². The molecule has 0 bridgehead atoms. The number of methoxy groups -OCH3 is 1. The van der Waals surface area contributed by atoms with Gasteiger partial charge in [0.15, 0.2) is 0 Å². The summed E-state index contributed by atoms with van der Waals surface area (Å²) in [6.45, 7) is 0.990. The summed E-state index contributed by atoms with van der Waals surface area (Å²) in [6.07, 6.45) is 2.98. The van der Waals surface area contributed by atoms with Crippen LogP contribution in [0.15, 0.2) is 15.7 Å². The van der Waals surface area contributed by atoms with Gasteiger partial charge in [-0.25, -0.2) is 13.1 Å². The van der Waals surface area contributed by atoms with E-state index in [9.17, 15) is 8.42 Å². The van der Waals surface area contributed by atoms with Crippen molar-refractivity contribution in [3.05, 3.63) is 17.0 Å². The van der Waals surface area contributed by atoms with Crippen molar-refractivity contribution >= 4 is 21.4 Å². The van der Waals surface area contributed by atoms with Crippen molar-refractivity contribution < 1.29 is 18.3 Å². The smallest absolute Gasteiger partial charge is 0.250 e. The molecule has 2 rings (SSSR count). The first-order valence-corrected chi connectivity index (χ1v) is 8.54. The summed E-state index contributed by atoms with van der Waals surface area (Å²) in [4.78, 5) is 0. The molecule has 1 aliphatic rings. The average Bonchev–Trinajstić information content (AvgIpc) is 2.99. The third kappa shape index (κ3) is 3.76. The van der Waals surface area contributed by atoms with E-state index in [-0.39, 0.29) is 16.2 Å². The average molecular weight is 305 g/mol. The standard InChI is InChI=1S/C12H19NO4S2/c1-17-5-4-12(2-3-12)9-13-19(15,16)11-6-10(7-14)8-18-11/h6,8,13-14H,2-5,7,9H2,1H3. The molecule has 0 aliphatic heterocycles. The van der Waals surface area contributed by atoms with Gasteiger partial charge in [0.25, 0.3) is 0 Å². The van der Waals surface area contributed by atoms with E-state index in [1.165, 1.54) is 6.07 Å². The Bertz CT molecular complexity index is 520. The van der Waals surface area contributed by atoms with Crippen LogP contribution in [0.5, 0.6) is 0 Å². The Morgan fingerprint density at radius 2 is 2.26 bits per heavy atom. The van der Waals surface area contributed by atoms with Gasteiger partial charge in [-0.15, -0.1) is 11.3 Å². The highest BCUT2D eigenvalue weighted by Crippen LogP contribution is 2.48. The Kier molecular flexibility index (Phi) is 4.62. The summed E-state index contributed by atoms with van der Waals surface area (Å²) in [5.74, 6) is 0. The third-order valence-corrected chi connectivity index (χ3v) is 6.40. The predicted octanol–water partition coefficient (Wildman–Crippen LogP) is 1.34. The zero-order valence-electron chi connectivity index (χ0n) is 10.9. The van der Waals surface area contributed by atoms with Crippen LogP contribution in [-0.4, -0.2) is 33.8 Å². The number of sulfonamides is 1. The van der Waals surface area contributed by atoms with Crippen LogP contribution in [0, 0.1) is 5.41 Å². The van der Waals surface area contributed by atoms with Crippen molar-refractivity contribution in [1.82, 2.24) is 4.72 Å². The highest BCUT2D eigenvalue weighted by molar-refractivity contribution is 7.91. The van der Waals surface area contributed by atoms with Crippen molar-refractivity contribution in [3.8, 4) is 0 Å². The van der Waals surface area contributed by atoms with E-state index < -0.39 is 10.0 Å². The normalized spacial score (nSPS) is 17.6. The number of ether oxygens (including phenoxy) is 1. The molecule has 5 nitrogen and oxygen atoms in total. The van der Waals surface area contributed by atoms with Crippen molar-refractivity contribution in [3.63, 3.8) is 0 Å². The van der Waals surface area contributed by atoms with Crippen LogP contribution in [0.3, 0.4) is 0 Å². The Hall–Kier alpha value is -0.470. The van der Waals surface area contributed by atoms with Crippen molar-refractivity contribution in [2.75, 3.05) is 20.3 Å². The zero-order chi connectivity index (χ0) is 13.9.